The fourth-order valence-corrected chi connectivity index (χ4v) is 9.51. The van der Waals surface area contributed by atoms with Crippen LogP contribution in [0.5, 0.6) is 0 Å². The molecule has 1 aliphatic rings. The van der Waals surface area contributed by atoms with Gasteiger partial charge >= 0.3 is 0 Å². The van der Waals surface area contributed by atoms with Gasteiger partial charge in [-0.05, 0) is 38.5 Å². The monoisotopic (exact) mass is 938 g/mol. The normalized spacial score (nSPS) is 19.8. The van der Waals surface area contributed by atoms with Crippen molar-refractivity contribution in [1.82, 2.24) is 5.32 Å². The second-order valence-electron chi connectivity index (χ2n) is 20.4. The largest absolute Gasteiger partial charge is 0.394 e. The van der Waals surface area contributed by atoms with Gasteiger partial charge in [0.05, 0.1) is 25.4 Å². The first-order valence-corrected chi connectivity index (χ1v) is 28.9. The summed E-state index contributed by atoms with van der Waals surface area (Å²) in [6.07, 6.45) is 50.9. The molecule has 9 nitrogen and oxygen atoms in total. The van der Waals surface area contributed by atoms with Crippen LogP contribution in [0.2, 0.25) is 0 Å². The minimum absolute atomic E-state index is 0.136. The van der Waals surface area contributed by atoms with E-state index < -0.39 is 49.5 Å². The van der Waals surface area contributed by atoms with Crippen LogP contribution in [-0.4, -0.2) is 87.5 Å². The topological polar surface area (TPSA) is 149 Å². The number of hydrogen-bond donors (Lipinski definition) is 6. The molecule has 7 unspecified atom stereocenters. The van der Waals surface area contributed by atoms with Gasteiger partial charge in [0.1, 0.15) is 24.4 Å². The zero-order valence-corrected chi connectivity index (χ0v) is 43.5. The standard InChI is InChI=1S/C57H111NO8/c1-3-5-7-9-11-13-15-17-19-21-23-25-27-29-31-33-35-37-39-41-43-45-47-53(61)58-50(49-65-57-56(64)55(63)54(62)52(48-59)66-57)51(60)46-44-42-40-38-36-34-32-30-28-26-24-22-20-18-16-14-12-10-8-6-4-2/h27,29,50-52,54-57,59-60,62-64H,3-26,28,30-49H2,1-2H3,(H,58,61)/b29-27-. The van der Waals surface area contributed by atoms with E-state index in [9.17, 15) is 30.3 Å². The Kier molecular flexibility index (Phi) is 45.4. The van der Waals surface area contributed by atoms with Crippen molar-refractivity contribution in [2.75, 3.05) is 13.2 Å². The van der Waals surface area contributed by atoms with Gasteiger partial charge in [-0.25, -0.2) is 0 Å². The summed E-state index contributed by atoms with van der Waals surface area (Å²) in [6.45, 7) is 3.88. The van der Waals surface area contributed by atoms with Gasteiger partial charge in [-0.1, -0.05) is 257 Å². The summed E-state index contributed by atoms with van der Waals surface area (Å²) in [5.41, 5.74) is 0. The summed E-state index contributed by atoms with van der Waals surface area (Å²) >= 11 is 0. The lowest BCUT2D eigenvalue weighted by atomic mass is 9.99. The van der Waals surface area contributed by atoms with Crippen LogP contribution in [0, 0.1) is 0 Å². The van der Waals surface area contributed by atoms with E-state index in [-0.39, 0.29) is 12.5 Å². The van der Waals surface area contributed by atoms with Crippen LogP contribution in [0.1, 0.15) is 290 Å². The highest BCUT2D eigenvalue weighted by Crippen LogP contribution is 2.23. The Hall–Kier alpha value is -1.07. The number of hydrogen-bond acceptors (Lipinski definition) is 8. The molecule has 0 radical (unpaired) electrons. The molecule has 0 aromatic carbocycles. The number of rotatable bonds is 50. The van der Waals surface area contributed by atoms with E-state index in [1.165, 1.54) is 225 Å². The van der Waals surface area contributed by atoms with Gasteiger partial charge in [-0.3, -0.25) is 4.79 Å². The summed E-state index contributed by atoms with van der Waals surface area (Å²) in [5, 5.41) is 54.7. The highest BCUT2D eigenvalue weighted by Gasteiger charge is 2.44. The molecular weight excluding hydrogens is 827 g/mol. The predicted molar refractivity (Wildman–Crippen MR) is 277 cm³/mol. The van der Waals surface area contributed by atoms with Crippen LogP contribution in [0.15, 0.2) is 12.2 Å². The molecule has 0 bridgehead atoms. The molecule has 0 aromatic rings. The number of unbranched alkanes of at least 4 members (excludes halogenated alkanes) is 38. The first-order chi connectivity index (χ1) is 32.3. The van der Waals surface area contributed by atoms with E-state index in [2.05, 4.69) is 31.3 Å². The number of allylic oxidation sites excluding steroid dienone is 2. The highest BCUT2D eigenvalue weighted by molar-refractivity contribution is 5.76. The number of carbonyl (C=O) groups is 1. The molecule has 0 spiro atoms. The van der Waals surface area contributed by atoms with Crippen LogP contribution < -0.4 is 5.32 Å². The van der Waals surface area contributed by atoms with Crippen LogP contribution in [0.4, 0.5) is 0 Å². The lowest BCUT2D eigenvalue weighted by Crippen LogP contribution is -2.60. The molecular formula is C57H111NO8. The van der Waals surface area contributed by atoms with Crippen molar-refractivity contribution in [3.8, 4) is 0 Å². The Morgan fingerprint density at radius 3 is 1.23 bits per heavy atom. The third kappa shape index (κ3) is 36.9. The Morgan fingerprint density at radius 2 is 0.848 bits per heavy atom. The van der Waals surface area contributed by atoms with Crippen molar-refractivity contribution < 1.29 is 39.8 Å². The molecule has 1 rings (SSSR count). The van der Waals surface area contributed by atoms with Gasteiger partial charge < -0.3 is 40.3 Å². The van der Waals surface area contributed by atoms with Gasteiger partial charge in [-0.2, -0.15) is 0 Å². The molecule has 0 saturated carbocycles. The number of nitrogens with one attached hydrogen (secondary N) is 1. The van der Waals surface area contributed by atoms with Crippen molar-refractivity contribution >= 4 is 5.91 Å². The van der Waals surface area contributed by atoms with Crippen molar-refractivity contribution in [2.45, 2.75) is 333 Å². The maximum atomic E-state index is 13.1. The molecule has 7 atom stereocenters. The molecule has 1 heterocycles. The number of ether oxygens (including phenoxy) is 2. The average molecular weight is 939 g/mol. The Bertz CT molecular complexity index is 1040. The average Bonchev–Trinajstić information content (AvgIpc) is 3.32. The third-order valence-corrected chi connectivity index (χ3v) is 14.1. The smallest absolute Gasteiger partial charge is 0.220 e. The fraction of sp³-hybridized carbons (Fsp3) is 0.947. The maximum absolute atomic E-state index is 13.1. The summed E-state index contributed by atoms with van der Waals surface area (Å²) in [6, 6.07) is -0.719. The Morgan fingerprint density at radius 1 is 0.500 bits per heavy atom. The van der Waals surface area contributed by atoms with E-state index in [1.54, 1.807) is 0 Å². The zero-order valence-electron chi connectivity index (χ0n) is 43.5. The molecule has 1 aliphatic heterocycles. The SMILES string of the molecule is CCCCCCCCCCCCC/C=C\CCCCCCCCCC(=O)NC(COC1OC(CO)C(O)C(O)C1O)C(O)CCCCCCCCCCCCCCCCCCCCCCC. The van der Waals surface area contributed by atoms with Crippen molar-refractivity contribution in [3.05, 3.63) is 12.2 Å². The van der Waals surface area contributed by atoms with E-state index in [0.717, 1.165) is 38.5 Å². The van der Waals surface area contributed by atoms with Crippen LogP contribution >= 0.6 is 0 Å². The minimum atomic E-state index is -1.55. The molecule has 392 valence electrons. The van der Waals surface area contributed by atoms with E-state index in [1.807, 2.05) is 0 Å². The van der Waals surface area contributed by atoms with Gasteiger partial charge in [0, 0.05) is 6.42 Å². The molecule has 0 aromatic heterocycles. The quantitative estimate of drug-likeness (QED) is 0.0261. The van der Waals surface area contributed by atoms with Crippen molar-refractivity contribution in [3.63, 3.8) is 0 Å². The summed E-state index contributed by atoms with van der Waals surface area (Å²) in [7, 11) is 0. The number of aliphatic hydroxyl groups is 5. The van der Waals surface area contributed by atoms with E-state index in [0.29, 0.717) is 12.8 Å². The molecule has 6 N–H and O–H groups in total. The molecule has 1 saturated heterocycles. The van der Waals surface area contributed by atoms with Gasteiger partial charge in [0.25, 0.3) is 0 Å². The lowest BCUT2D eigenvalue weighted by molar-refractivity contribution is -0.302. The maximum Gasteiger partial charge on any atom is 0.220 e. The lowest BCUT2D eigenvalue weighted by Gasteiger charge is -2.40. The van der Waals surface area contributed by atoms with Crippen LogP contribution in [0.3, 0.4) is 0 Å². The first kappa shape index (κ1) is 62.9. The molecule has 1 fully saturated rings. The first-order valence-electron chi connectivity index (χ1n) is 28.9. The minimum Gasteiger partial charge on any atom is -0.394 e. The molecule has 0 aliphatic carbocycles. The molecule has 1 amide bonds. The predicted octanol–water partition coefficient (Wildman–Crippen LogP) is 14.0. The fourth-order valence-electron chi connectivity index (χ4n) is 9.51. The molecule has 9 heteroatoms. The highest BCUT2D eigenvalue weighted by atomic mass is 16.7. The van der Waals surface area contributed by atoms with Crippen LogP contribution in [-0.2, 0) is 14.3 Å². The van der Waals surface area contributed by atoms with E-state index >= 15 is 0 Å². The van der Waals surface area contributed by atoms with Gasteiger partial charge in [-0.15, -0.1) is 0 Å². The third-order valence-electron chi connectivity index (χ3n) is 14.1. The zero-order chi connectivity index (χ0) is 48.0. The van der Waals surface area contributed by atoms with Gasteiger partial charge in [0.15, 0.2) is 6.29 Å². The summed E-state index contributed by atoms with van der Waals surface area (Å²) < 4.78 is 11.3. The second-order valence-corrected chi connectivity index (χ2v) is 20.4. The summed E-state index contributed by atoms with van der Waals surface area (Å²) in [5.74, 6) is -0.143. The van der Waals surface area contributed by atoms with Crippen molar-refractivity contribution in [1.29, 1.82) is 0 Å². The van der Waals surface area contributed by atoms with Crippen molar-refractivity contribution in [2.24, 2.45) is 0 Å². The second kappa shape index (κ2) is 47.6. The van der Waals surface area contributed by atoms with Gasteiger partial charge in [0.2, 0.25) is 5.91 Å². The van der Waals surface area contributed by atoms with E-state index in [4.69, 9.17) is 9.47 Å². The number of aliphatic hydroxyl groups excluding tert-OH is 5. The Balaban J connectivity index is 2.21. The number of amides is 1. The number of carbonyl (C=O) groups excluding carboxylic acids is 1. The van der Waals surface area contributed by atoms with Crippen LogP contribution in [0.25, 0.3) is 0 Å². The Labute approximate surface area is 407 Å². The summed E-state index contributed by atoms with van der Waals surface area (Å²) in [4.78, 5) is 13.1. The molecule has 66 heavy (non-hydrogen) atoms.